The molecule has 18 heavy (non-hydrogen) atoms. The molecule has 0 aromatic heterocycles. The number of rotatable bonds is 2. The fraction of sp³-hybridized carbons (Fsp3) is 0.182. The zero-order valence-corrected chi connectivity index (χ0v) is 8.77. The third kappa shape index (κ3) is 2.62. The summed E-state index contributed by atoms with van der Waals surface area (Å²) >= 11 is 0. The average Bonchev–Trinajstić information content (AvgIpc) is 2.25. The van der Waals surface area contributed by atoms with Crippen LogP contribution in [0.4, 0.5) is 13.2 Å². The summed E-state index contributed by atoms with van der Waals surface area (Å²) in [6.45, 7) is 0. The van der Waals surface area contributed by atoms with Crippen molar-refractivity contribution < 1.29 is 32.5 Å². The summed E-state index contributed by atoms with van der Waals surface area (Å²) in [5, 5.41) is 8.84. The van der Waals surface area contributed by atoms with E-state index in [0.29, 0.717) is 5.56 Å². The van der Waals surface area contributed by atoms with Gasteiger partial charge in [0, 0.05) is 5.56 Å². The molecule has 1 aliphatic rings. The third-order valence-corrected chi connectivity index (χ3v) is 2.21. The molecule has 0 saturated carbocycles. The molecule has 1 aromatic carbocycles. The smallest absolute Gasteiger partial charge is 0.478 e. The van der Waals surface area contributed by atoms with E-state index >= 15 is 0 Å². The standard InChI is InChI=1S/C11H7F3O4/c12-11(13,14)18-10-7(9(15)16)5-6-3-1-2-4-8(6)17-10/h1-5,10H,(H,15,16). The summed E-state index contributed by atoms with van der Waals surface area (Å²) in [6.07, 6.45) is -5.89. The van der Waals surface area contributed by atoms with Crippen molar-refractivity contribution in [3.8, 4) is 5.75 Å². The molecule has 1 N–H and O–H groups in total. The average molecular weight is 260 g/mol. The van der Waals surface area contributed by atoms with E-state index in [4.69, 9.17) is 9.84 Å². The van der Waals surface area contributed by atoms with Crippen molar-refractivity contribution in [3.05, 3.63) is 35.4 Å². The fourth-order valence-electron chi connectivity index (χ4n) is 1.49. The van der Waals surface area contributed by atoms with Gasteiger partial charge >= 0.3 is 12.3 Å². The van der Waals surface area contributed by atoms with Crippen LogP contribution in [-0.4, -0.2) is 23.7 Å². The van der Waals surface area contributed by atoms with Gasteiger partial charge in [-0.05, 0) is 12.1 Å². The molecule has 0 aliphatic carbocycles. The first kappa shape index (κ1) is 12.4. The van der Waals surface area contributed by atoms with Crippen LogP contribution in [0.2, 0.25) is 0 Å². The Morgan fingerprint density at radius 3 is 2.61 bits per heavy atom. The molecule has 0 amide bonds. The molecule has 1 unspecified atom stereocenters. The minimum Gasteiger partial charge on any atom is -0.478 e. The van der Waals surface area contributed by atoms with E-state index in [1.807, 2.05) is 0 Å². The van der Waals surface area contributed by atoms with Gasteiger partial charge in [0.1, 0.15) is 11.3 Å². The predicted molar refractivity (Wildman–Crippen MR) is 53.6 cm³/mol. The Hall–Kier alpha value is -2.02. The second-order valence-corrected chi connectivity index (χ2v) is 3.46. The Balaban J connectivity index is 2.36. The van der Waals surface area contributed by atoms with Gasteiger partial charge in [-0.25, -0.2) is 9.53 Å². The highest BCUT2D eigenvalue weighted by Gasteiger charge is 2.39. The van der Waals surface area contributed by atoms with E-state index in [1.54, 1.807) is 12.1 Å². The molecule has 1 atom stereocenters. The quantitative estimate of drug-likeness (QED) is 0.887. The number of alkyl halides is 3. The molecule has 1 aliphatic heterocycles. The lowest BCUT2D eigenvalue weighted by molar-refractivity contribution is -0.360. The summed E-state index contributed by atoms with van der Waals surface area (Å²) < 4.78 is 44.9. The van der Waals surface area contributed by atoms with Gasteiger partial charge < -0.3 is 9.84 Å². The van der Waals surface area contributed by atoms with Gasteiger partial charge in [-0.15, -0.1) is 13.2 Å². The van der Waals surface area contributed by atoms with Crippen LogP contribution in [0.15, 0.2) is 29.8 Å². The molecule has 1 aromatic rings. The van der Waals surface area contributed by atoms with Crippen LogP contribution < -0.4 is 4.74 Å². The number of halogens is 3. The molecule has 0 spiro atoms. The first-order valence-corrected chi connectivity index (χ1v) is 4.82. The second-order valence-electron chi connectivity index (χ2n) is 3.46. The molecular formula is C11H7F3O4. The first-order chi connectivity index (χ1) is 8.37. The van der Waals surface area contributed by atoms with Crippen LogP contribution in [0.1, 0.15) is 5.56 Å². The summed E-state index contributed by atoms with van der Waals surface area (Å²) in [6, 6.07) is 6.13. The molecule has 0 bridgehead atoms. The summed E-state index contributed by atoms with van der Waals surface area (Å²) in [5.74, 6) is -1.39. The minimum atomic E-state index is -4.98. The molecule has 7 heteroatoms. The number of fused-ring (bicyclic) bond motifs is 1. The Kier molecular flexibility index (Phi) is 3.00. The Labute approximate surface area is 99.2 Å². The Bertz CT molecular complexity index is 507. The van der Waals surface area contributed by atoms with Gasteiger partial charge in [0.2, 0.25) is 6.29 Å². The highest BCUT2D eigenvalue weighted by atomic mass is 19.4. The molecular weight excluding hydrogens is 253 g/mol. The van der Waals surface area contributed by atoms with Crippen LogP contribution in [-0.2, 0) is 9.53 Å². The lowest BCUT2D eigenvalue weighted by Gasteiger charge is -2.25. The van der Waals surface area contributed by atoms with E-state index in [0.717, 1.165) is 6.08 Å². The highest BCUT2D eigenvalue weighted by Crippen LogP contribution is 2.32. The van der Waals surface area contributed by atoms with Crippen LogP contribution in [0.25, 0.3) is 6.08 Å². The number of carboxylic acids is 1. The Morgan fingerprint density at radius 2 is 2.00 bits per heavy atom. The normalized spacial score (nSPS) is 18.6. The van der Waals surface area contributed by atoms with Crippen molar-refractivity contribution in [1.82, 2.24) is 0 Å². The lowest BCUT2D eigenvalue weighted by atomic mass is 10.1. The van der Waals surface area contributed by atoms with Crippen molar-refractivity contribution in [1.29, 1.82) is 0 Å². The molecule has 0 saturated heterocycles. The first-order valence-electron chi connectivity index (χ1n) is 4.82. The van der Waals surface area contributed by atoms with Crippen LogP contribution in [0.5, 0.6) is 5.75 Å². The van der Waals surface area contributed by atoms with Gasteiger partial charge in [0.15, 0.2) is 0 Å². The van der Waals surface area contributed by atoms with E-state index in [2.05, 4.69) is 4.74 Å². The number of carboxylic acid groups (broad SMARTS) is 1. The number of ether oxygens (including phenoxy) is 2. The summed E-state index contributed by atoms with van der Waals surface area (Å²) in [7, 11) is 0. The van der Waals surface area contributed by atoms with Crippen molar-refractivity contribution in [2.45, 2.75) is 12.7 Å². The largest absolute Gasteiger partial charge is 0.525 e. The summed E-state index contributed by atoms with van der Waals surface area (Å²) in [4.78, 5) is 10.9. The van der Waals surface area contributed by atoms with Gasteiger partial charge in [-0.3, -0.25) is 0 Å². The van der Waals surface area contributed by atoms with Crippen LogP contribution >= 0.6 is 0 Å². The Morgan fingerprint density at radius 1 is 1.33 bits per heavy atom. The van der Waals surface area contributed by atoms with Gasteiger partial charge in [-0.1, -0.05) is 18.2 Å². The summed E-state index contributed by atoms with van der Waals surface area (Å²) in [5.41, 5.74) is -0.219. The monoisotopic (exact) mass is 260 g/mol. The number of hydrogen-bond donors (Lipinski definition) is 1. The molecule has 4 nitrogen and oxygen atoms in total. The number of hydrogen-bond acceptors (Lipinski definition) is 3. The van der Waals surface area contributed by atoms with E-state index in [1.165, 1.54) is 12.1 Å². The maximum absolute atomic E-state index is 12.1. The van der Waals surface area contributed by atoms with E-state index in [9.17, 15) is 18.0 Å². The van der Waals surface area contributed by atoms with Gasteiger partial charge in [0.25, 0.3) is 0 Å². The zero-order valence-electron chi connectivity index (χ0n) is 8.77. The molecule has 1 heterocycles. The number of para-hydroxylation sites is 1. The predicted octanol–water partition coefficient (Wildman–Crippen LogP) is 2.41. The highest BCUT2D eigenvalue weighted by molar-refractivity contribution is 5.94. The van der Waals surface area contributed by atoms with E-state index < -0.39 is 24.2 Å². The molecule has 2 rings (SSSR count). The molecule has 96 valence electrons. The SMILES string of the molecule is O=C(O)C1=Cc2ccccc2OC1OC(F)(F)F. The van der Waals surface area contributed by atoms with Gasteiger partial charge in [0.05, 0.1) is 0 Å². The third-order valence-electron chi connectivity index (χ3n) is 2.21. The topological polar surface area (TPSA) is 55.8 Å². The fourth-order valence-corrected chi connectivity index (χ4v) is 1.49. The molecule has 0 fully saturated rings. The van der Waals surface area contributed by atoms with Crippen molar-refractivity contribution >= 4 is 12.0 Å². The van der Waals surface area contributed by atoms with Crippen LogP contribution in [0, 0.1) is 0 Å². The maximum atomic E-state index is 12.1. The zero-order chi connectivity index (χ0) is 13.3. The number of carbonyl (C=O) groups is 1. The van der Waals surface area contributed by atoms with Crippen molar-refractivity contribution in [2.24, 2.45) is 0 Å². The van der Waals surface area contributed by atoms with E-state index in [-0.39, 0.29) is 5.75 Å². The maximum Gasteiger partial charge on any atom is 0.525 e. The minimum absolute atomic E-state index is 0.136. The second kappa shape index (κ2) is 4.34. The molecule has 0 radical (unpaired) electrons. The number of aliphatic carboxylic acids is 1. The van der Waals surface area contributed by atoms with Crippen molar-refractivity contribution in [2.75, 3.05) is 0 Å². The lowest BCUT2D eigenvalue weighted by Crippen LogP contribution is -2.34. The number of benzene rings is 1. The van der Waals surface area contributed by atoms with Gasteiger partial charge in [-0.2, -0.15) is 0 Å². The van der Waals surface area contributed by atoms with Crippen molar-refractivity contribution in [3.63, 3.8) is 0 Å². The van der Waals surface area contributed by atoms with Crippen LogP contribution in [0.3, 0.4) is 0 Å².